The van der Waals surface area contributed by atoms with Gasteiger partial charge in [-0.25, -0.2) is 0 Å². The maximum Gasteiger partial charge on any atom is 0.303 e. The minimum Gasteiger partial charge on any atom is -0.457 e. The molecule has 5 atom stereocenters. The van der Waals surface area contributed by atoms with Crippen LogP contribution in [-0.2, 0) is 48.3 Å². The van der Waals surface area contributed by atoms with E-state index >= 15 is 0 Å². The molecule has 0 aromatic heterocycles. The monoisotopic (exact) mass is 476 g/mol. The highest BCUT2D eigenvalue weighted by molar-refractivity contribution is 5.66. The SMILES string of the molecule is CC(=O)O[C@@H]1[C@@H](OCc2ccccc2)[C@H](C)O[C@@H](OCc2ccccc2)[C@@H]1OCc1ccccc1. The number of esters is 1. The number of rotatable bonds is 10. The molecule has 0 spiro atoms. The van der Waals surface area contributed by atoms with Gasteiger partial charge >= 0.3 is 5.97 Å². The van der Waals surface area contributed by atoms with Gasteiger partial charge in [0.1, 0.15) is 12.2 Å². The van der Waals surface area contributed by atoms with Gasteiger partial charge in [-0.1, -0.05) is 91.0 Å². The van der Waals surface area contributed by atoms with Crippen LogP contribution >= 0.6 is 0 Å². The molecule has 35 heavy (non-hydrogen) atoms. The second kappa shape index (κ2) is 12.6. The Balaban J connectivity index is 1.54. The lowest BCUT2D eigenvalue weighted by Crippen LogP contribution is -2.60. The highest BCUT2D eigenvalue weighted by atomic mass is 16.7. The second-order valence-electron chi connectivity index (χ2n) is 8.60. The lowest BCUT2D eigenvalue weighted by Gasteiger charge is -2.44. The van der Waals surface area contributed by atoms with E-state index in [-0.39, 0.29) is 6.10 Å². The molecule has 1 heterocycles. The standard InChI is InChI=1S/C29H32O6/c1-21-26(31-18-23-12-6-3-7-13-23)27(35-22(2)30)28(32-19-24-14-8-4-9-15-24)29(34-21)33-20-25-16-10-5-11-17-25/h3-17,21,26-29H,18-20H2,1-2H3/t21-,26-,27+,28+,29+/m0/s1. The van der Waals surface area contributed by atoms with Gasteiger partial charge in [0.15, 0.2) is 12.4 Å². The molecule has 0 unspecified atom stereocenters. The maximum atomic E-state index is 12.1. The van der Waals surface area contributed by atoms with Crippen molar-refractivity contribution in [1.82, 2.24) is 0 Å². The maximum absolute atomic E-state index is 12.1. The van der Waals surface area contributed by atoms with Crippen molar-refractivity contribution in [3.63, 3.8) is 0 Å². The van der Waals surface area contributed by atoms with Gasteiger partial charge in [-0.2, -0.15) is 0 Å². The summed E-state index contributed by atoms with van der Waals surface area (Å²) in [6, 6.07) is 29.5. The summed E-state index contributed by atoms with van der Waals surface area (Å²) < 4.78 is 30.8. The first-order chi connectivity index (χ1) is 17.1. The molecule has 6 heteroatoms. The summed E-state index contributed by atoms with van der Waals surface area (Å²) >= 11 is 0. The quantitative estimate of drug-likeness (QED) is 0.382. The van der Waals surface area contributed by atoms with E-state index < -0.39 is 30.6 Å². The van der Waals surface area contributed by atoms with Crippen LogP contribution in [0.4, 0.5) is 0 Å². The van der Waals surface area contributed by atoms with Gasteiger partial charge in [0, 0.05) is 6.92 Å². The minimum atomic E-state index is -0.741. The summed E-state index contributed by atoms with van der Waals surface area (Å²) in [6.45, 7) is 4.31. The van der Waals surface area contributed by atoms with Crippen LogP contribution in [0.25, 0.3) is 0 Å². The van der Waals surface area contributed by atoms with Crippen LogP contribution in [0.15, 0.2) is 91.0 Å². The van der Waals surface area contributed by atoms with Crippen LogP contribution in [0.2, 0.25) is 0 Å². The van der Waals surface area contributed by atoms with Gasteiger partial charge in [-0.05, 0) is 23.6 Å². The summed E-state index contributed by atoms with van der Waals surface area (Å²) in [7, 11) is 0. The average Bonchev–Trinajstić information content (AvgIpc) is 2.88. The Labute approximate surface area is 206 Å². The summed E-state index contributed by atoms with van der Waals surface area (Å²) in [6.07, 6.45) is -3.05. The van der Waals surface area contributed by atoms with Crippen molar-refractivity contribution < 1.29 is 28.5 Å². The van der Waals surface area contributed by atoms with Gasteiger partial charge in [0.25, 0.3) is 0 Å². The number of ether oxygens (including phenoxy) is 5. The van der Waals surface area contributed by atoms with Crippen molar-refractivity contribution in [1.29, 1.82) is 0 Å². The van der Waals surface area contributed by atoms with Crippen molar-refractivity contribution in [2.24, 2.45) is 0 Å². The van der Waals surface area contributed by atoms with Crippen molar-refractivity contribution >= 4 is 5.97 Å². The Morgan fingerprint density at radius 3 is 1.54 bits per heavy atom. The van der Waals surface area contributed by atoms with Crippen molar-refractivity contribution in [3.05, 3.63) is 108 Å². The van der Waals surface area contributed by atoms with Crippen LogP contribution in [0.1, 0.15) is 30.5 Å². The summed E-state index contributed by atoms with van der Waals surface area (Å²) in [5, 5.41) is 0. The van der Waals surface area contributed by atoms with Gasteiger partial charge in [0.2, 0.25) is 0 Å². The van der Waals surface area contributed by atoms with Gasteiger partial charge in [-0.3, -0.25) is 4.79 Å². The molecular weight excluding hydrogens is 444 g/mol. The molecule has 0 bridgehead atoms. The van der Waals surface area contributed by atoms with Crippen LogP contribution < -0.4 is 0 Å². The summed E-state index contributed by atoms with van der Waals surface area (Å²) in [4.78, 5) is 12.1. The molecule has 0 saturated carbocycles. The van der Waals surface area contributed by atoms with Crippen molar-refractivity contribution in [2.45, 2.75) is 64.4 Å². The third-order valence-electron chi connectivity index (χ3n) is 5.86. The Morgan fingerprint density at radius 2 is 1.09 bits per heavy atom. The van der Waals surface area contributed by atoms with Crippen LogP contribution in [-0.4, -0.2) is 36.7 Å². The first-order valence-corrected chi connectivity index (χ1v) is 11.9. The molecule has 1 aliphatic rings. The minimum absolute atomic E-state index is 0.317. The van der Waals surface area contributed by atoms with Gasteiger partial charge in [0.05, 0.1) is 25.9 Å². The Bertz CT molecular complexity index is 1030. The smallest absolute Gasteiger partial charge is 0.303 e. The van der Waals surface area contributed by atoms with E-state index in [0.29, 0.717) is 19.8 Å². The lowest BCUT2D eigenvalue weighted by molar-refractivity contribution is -0.316. The molecule has 0 N–H and O–H groups in total. The molecule has 1 aliphatic heterocycles. The normalized spacial score (nSPS) is 24.1. The van der Waals surface area contributed by atoms with Crippen LogP contribution in [0.3, 0.4) is 0 Å². The number of benzene rings is 3. The second-order valence-corrected chi connectivity index (χ2v) is 8.60. The van der Waals surface area contributed by atoms with E-state index in [1.165, 1.54) is 6.92 Å². The topological polar surface area (TPSA) is 63.2 Å². The Morgan fingerprint density at radius 1 is 0.657 bits per heavy atom. The van der Waals surface area contributed by atoms with Gasteiger partial charge in [-0.15, -0.1) is 0 Å². The zero-order valence-corrected chi connectivity index (χ0v) is 20.1. The highest BCUT2D eigenvalue weighted by Gasteiger charge is 2.48. The third kappa shape index (κ3) is 7.23. The largest absolute Gasteiger partial charge is 0.457 e. The fraction of sp³-hybridized carbons (Fsp3) is 0.345. The van der Waals surface area contributed by atoms with Gasteiger partial charge < -0.3 is 23.7 Å². The Kier molecular flexibility index (Phi) is 9.03. The molecule has 4 rings (SSSR count). The molecule has 3 aromatic carbocycles. The predicted octanol–water partition coefficient (Wildman–Crippen LogP) is 5.05. The predicted molar refractivity (Wildman–Crippen MR) is 131 cm³/mol. The van der Waals surface area contributed by atoms with E-state index in [4.69, 9.17) is 23.7 Å². The molecule has 1 fully saturated rings. The molecular formula is C29H32O6. The summed E-state index contributed by atoms with van der Waals surface area (Å²) in [5.74, 6) is -0.410. The van der Waals surface area contributed by atoms with E-state index in [9.17, 15) is 4.79 Å². The highest BCUT2D eigenvalue weighted by Crippen LogP contribution is 2.31. The molecule has 0 radical (unpaired) electrons. The zero-order valence-electron chi connectivity index (χ0n) is 20.1. The van der Waals surface area contributed by atoms with E-state index in [2.05, 4.69) is 0 Å². The number of carbonyl (C=O) groups is 1. The lowest BCUT2D eigenvalue weighted by atomic mass is 9.98. The van der Waals surface area contributed by atoms with E-state index in [0.717, 1.165) is 16.7 Å². The molecule has 184 valence electrons. The summed E-state index contributed by atoms with van der Waals surface area (Å²) in [5.41, 5.74) is 3.03. The van der Waals surface area contributed by atoms with Crippen molar-refractivity contribution in [2.75, 3.05) is 0 Å². The fourth-order valence-corrected chi connectivity index (χ4v) is 4.12. The molecule has 6 nitrogen and oxygen atoms in total. The molecule has 0 amide bonds. The average molecular weight is 477 g/mol. The first kappa shape index (κ1) is 25.1. The molecule has 1 saturated heterocycles. The van der Waals surface area contributed by atoms with Crippen LogP contribution in [0.5, 0.6) is 0 Å². The zero-order chi connectivity index (χ0) is 24.5. The number of hydrogen-bond donors (Lipinski definition) is 0. The fourth-order valence-electron chi connectivity index (χ4n) is 4.12. The third-order valence-corrected chi connectivity index (χ3v) is 5.86. The van der Waals surface area contributed by atoms with Crippen molar-refractivity contribution in [3.8, 4) is 0 Å². The first-order valence-electron chi connectivity index (χ1n) is 11.9. The Hall–Kier alpha value is -3.03. The number of hydrogen-bond acceptors (Lipinski definition) is 6. The van der Waals surface area contributed by atoms with E-state index in [1.807, 2.05) is 97.9 Å². The van der Waals surface area contributed by atoms with Crippen LogP contribution in [0, 0.1) is 0 Å². The van der Waals surface area contributed by atoms with E-state index in [1.54, 1.807) is 0 Å². The molecule has 3 aromatic rings. The number of carbonyl (C=O) groups excluding carboxylic acids is 1. The molecule has 0 aliphatic carbocycles.